The molecule has 4 heteroatoms. The lowest BCUT2D eigenvalue weighted by molar-refractivity contribution is -0.102. The first-order valence-electron chi connectivity index (χ1n) is 4.37. The van der Waals surface area contributed by atoms with Crippen LogP contribution in [-0.2, 0) is 4.74 Å². The number of ether oxygens (including phenoxy) is 1. The van der Waals surface area contributed by atoms with E-state index in [-0.39, 0.29) is 6.42 Å². The van der Waals surface area contributed by atoms with Crippen LogP contribution in [-0.4, -0.2) is 31.2 Å². The molecular weight excluding hydrogens is 164 g/mol. The molecule has 2 rings (SSSR count). The van der Waals surface area contributed by atoms with Gasteiger partial charge < -0.3 is 10.1 Å². The average molecular weight is 177 g/mol. The monoisotopic (exact) mass is 177 g/mol. The molecule has 2 fully saturated rings. The Morgan fingerprint density at radius 2 is 1.75 bits per heavy atom. The summed E-state index contributed by atoms with van der Waals surface area (Å²) >= 11 is 0. The number of nitrogens with one attached hydrogen (secondary N) is 1. The van der Waals surface area contributed by atoms with Gasteiger partial charge in [-0.2, -0.15) is 0 Å². The van der Waals surface area contributed by atoms with Gasteiger partial charge in [-0.25, -0.2) is 8.78 Å². The predicted octanol–water partition coefficient (Wildman–Crippen LogP) is 1.16. The van der Waals surface area contributed by atoms with Crippen molar-refractivity contribution in [3.63, 3.8) is 0 Å². The van der Waals surface area contributed by atoms with E-state index in [4.69, 9.17) is 4.74 Å². The van der Waals surface area contributed by atoms with Gasteiger partial charge in [-0.05, 0) is 12.8 Å². The van der Waals surface area contributed by atoms with Crippen LogP contribution in [0.15, 0.2) is 0 Å². The molecule has 2 aliphatic rings. The Morgan fingerprint density at radius 3 is 2.25 bits per heavy atom. The van der Waals surface area contributed by atoms with Crippen molar-refractivity contribution in [1.29, 1.82) is 0 Å². The summed E-state index contributed by atoms with van der Waals surface area (Å²) < 4.78 is 31.8. The lowest BCUT2D eigenvalue weighted by Gasteiger charge is -2.38. The second-order valence-corrected chi connectivity index (χ2v) is 3.58. The number of hydrogen-bond acceptors (Lipinski definition) is 2. The van der Waals surface area contributed by atoms with Crippen LogP contribution in [0.1, 0.15) is 19.3 Å². The summed E-state index contributed by atoms with van der Waals surface area (Å²) in [6.07, 6.45) is 0.868. The lowest BCUT2D eigenvalue weighted by Crippen LogP contribution is -2.55. The van der Waals surface area contributed by atoms with Crippen LogP contribution in [0.25, 0.3) is 0 Å². The van der Waals surface area contributed by atoms with E-state index in [9.17, 15) is 8.78 Å². The van der Waals surface area contributed by atoms with Gasteiger partial charge in [0.1, 0.15) is 0 Å². The molecule has 70 valence electrons. The quantitative estimate of drug-likeness (QED) is 0.599. The molecule has 0 bridgehead atoms. The number of hydrogen-bond donors (Lipinski definition) is 1. The maximum Gasteiger partial charge on any atom is 0.267 e. The van der Waals surface area contributed by atoms with E-state index in [2.05, 4.69) is 5.32 Å². The summed E-state index contributed by atoms with van der Waals surface area (Å²) in [6.45, 7) is 1.36. The van der Waals surface area contributed by atoms with Crippen LogP contribution in [0.4, 0.5) is 8.78 Å². The second kappa shape index (κ2) is 2.64. The van der Waals surface area contributed by atoms with Crippen molar-refractivity contribution in [1.82, 2.24) is 5.32 Å². The highest BCUT2D eigenvalue weighted by atomic mass is 19.3. The topological polar surface area (TPSA) is 21.3 Å². The van der Waals surface area contributed by atoms with Crippen LogP contribution in [0.3, 0.4) is 0 Å². The van der Waals surface area contributed by atoms with Crippen molar-refractivity contribution in [2.75, 3.05) is 19.8 Å². The van der Waals surface area contributed by atoms with Gasteiger partial charge in [-0.3, -0.25) is 0 Å². The standard InChI is InChI=1S/C8H13F2NO/c9-8(10)1-4-11-7(8)2-5-12-6-3-7/h11H,1-6H2. The number of halogens is 2. The molecule has 0 unspecified atom stereocenters. The van der Waals surface area contributed by atoms with Gasteiger partial charge in [0.2, 0.25) is 0 Å². The molecule has 0 saturated carbocycles. The Labute approximate surface area is 70.3 Å². The molecule has 0 radical (unpaired) electrons. The summed E-state index contributed by atoms with van der Waals surface area (Å²) in [7, 11) is 0. The zero-order chi connectivity index (χ0) is 8.66. The molecule has 12 heavy (non-hydrogen) atoms. The van der Waals surface area contributed by atoms with Crippen LogP contribution >= 0.6 is 0 Å². The maximum absolute atomic E-state index is 13.4. The van der Waals surface area contributed by atoms with E-state index < -0.39 is 11.5 Å². The SMILES string of the molecule is FC1(F)CCNC12CCOCC2. The molecule has 0 aromatic heterocycles. The highest BCUT2D eigenvalue weighted by molar-refractivity contribution is 5.06. The van der Waals surface area contributed by atoms with Gasteiger partial charge in [-0.15, -0.1) is 0 Å². The fourth-order valence-electron chi connectivity index (χ4n) is 2.09. The first-order chi connectivity index (χ1) is 5.66. The van der Waals surface area contributed by atoms with E-state index in [0.29, 0.717) is 32.6 Å². The van der Waals surface area contributed by atoms with Crippen molar-refractivity contribution < 1.29 is 13.5 Å². The summed E-state index contributed by atoms with van der Waals surface area (Å²) in [5, 5.41) is 2.93. The lowest BCUT2D eigenvalue weighted by atomic mass is 9.85. The van der Waals surface area contributed by atoms with Gasteiger partial charge in [0.05, 0.1) is 5.54 Å². The van der Waals surface area contributed by atoms with E-state index in [0.717, 1.165) is 0 Å². The number of alkyl halides is 2. The molecule has 2 nitrogen and oxygen atoms in total. The van der Waals surface area contributed by atoms with Crippen molar-refractivity contribution in [3.8, 4) is 0 Å². The molecule has 0 amide bonds. The van der Waals surface area contributed by atoms with Gasteiger partial charge in [0.25, 0.3) is 5.92 Å². The second-order valence-electron chi connectivity index (χ2n) is 3.58. The smallest absolute Gasteiger partial charge is 0.267 e. The number of rotatable bonds is 0. The van der Waals surface area contributed by atoms with E-state index >= 15 is 0 Å². The van der Waals surface area contributed by atoms with E-state index in [1.165, 1.54) is 0 Å². The summed E-state index contributed by atoms with van der Waals surface area (Å²) in [6, 6.07) is 0. The molecule has 2 aliphatic heterocycles. The van der Waals surface area contributed by atoms with Gasteiger partial charge in [0.15, 0.2) is 0 Å². The summed E-state index contributed by atoms with van der Waals surface area (Å²) in [5.74, 6) is -2.53. The molecule has 0 atom stereocenters. The largest absolute Gasteiger partial charge is 0.381 e. The van der Waals surface area contributed by atoms with E-state index in [1.54, 1.807) is 0 Å². The summed E-state index contributed by atoms with van der Waals surface area (Å²) in [5.41, 5.74) is -0.939. The predicted molar refractivity (Wildman–Crippen MR) is 40.4 cm³/mol. The van der Waals surface area contributed by atoms with Gasteiger partial charge in [-0.1, -0.05) is 0 Å². The minimum atomic E-state index is -2.53. The third kappa shape index (κ3) is 1.05. The van der Waals surface area contributed by atoms with Crippen molar-refractivity contribution in [2.45, 2.75) is 30.7 Å². The first-order valence-corrected chi connectivity index (χ1v) is 4.37. The van der Waals surface area contributed by atoms with Crippen LogP contribution in [0.5, 0.6) is 0 Å². The fourth-order valence-corrected chi connectivity index (χ4v) is 2.09. The van der Waals surface area contributed by atoms with Gasteiger partial charge in [0, 0.05) is 26.2 Å². The minimum absolute atomic E-state index is 0.0208. The minimum Gasteiger partial charge on any atom is -0.381 e. The third-order valence-corrected chi connectivity index (χ3v) is 2.95. The van der Waals surface area contributed by atoms with Crippen molar-refractivity contribution in [2.24, 2.45) is 0 Å². The van der Waals surface area contributed by atoms with Crippen molar-refractivity contribution >= 4 is 0 Å². The molecule has 0 aliphatic carbocycles. The normalized spacial score (nSPS) is 32.5. The molecule has 2 saturated heterocycles. The van der Waals surface area contributed by atoms with Crippen molar-refractivity contribution in [3.05, 3.63) is 0 Å². The maximum atomic E-state index is 13.4. The van der Waals surface area contributed by atoms with Crippen LogP contribution in [0.2, 0.25) is 0 Å². The highest BCUT2D eigenvalue weighted by Crippen LogP contribution is 2.42. The first kappa shape index (κ1) is 8.38. The summed E-state index contributed by atoms with van der Waals surface area (Å²) in [4.78, 5) is 0. The molecule has 2 heterocycles. The fraction of sp³-hybridized carbons (Fsp3) is 1.00. The Morgan fingerprint density at radius 1 is 1.08 bits per heavy atom. The Hall–Kier alpha value is -0.220. The molecule has 0 aromatic rings. The third-order valence-electron chi connectivity index (χ3n) is 2.95. The molecule has 1 N–H and O–H groups in total. The molecule has 0 aromatic carbocycles. The van der Waals surface area contributed by atoms with Crippen LogP contribution < -0.4 is 5.32 Å². The zero-order valence-corrected chi connectivity index (χ0v) is 6.91. The average Bonchev–Trinajstić information content (AvgIpc) is 2.30. The molecular formula is C8H13F2NO. The zero-order valence-electron chi connectivity index (χ0n) is 6.91. The van der Waals surface area contributed by atoms with Crippen LogP contribution in [0, 0.1) is 0 Å². The Balaban J connectivity index is 2.17. The Bertz CT molecular complexity index is 178. The van der Waals surface area contributed by atoms with Gasteiger partial charge >= 0.3 is 0 Å². The Kier molecular flexibility index (Phi) is 1.84. The highest BCUT2D eigenvalue weighted by Gasteiger charge is 2.56. The van der Waals surface area contributed by atoms with E-state index in [1.807, 2.05) is 0 Å². The molecule has 1 spiro atoms.